The Morgan fingerprint density at radius 3 is 2.59 bits per heavy atom. The molecular formula is C26H26F2N8O. The molecule has 3 aromatic heterocycles. The average molecular weight is 505 g/mol. The van der Waals surface area contributed by atoms with Gasteiger partial charge in [0.1, 0.15) is 12.3 Å². The van der Waals surface area contributed by atoms with E-state index < -0.39 is 6.43 Å². The van der Waals surface area contributed by atoms with Crippen LogP contribution >= 0.6 is 0 Å². The molecule has 1 aromatic carbocycles. The molecule has 4 rings (SSSR count). The molecule has 0 saturated carbocycles. The Balaban J connectivity index is 1.96. The zero-order valence-electron chi connectivity index (χ0n) is 21.0. The molecule has 37 heavy (non-hydrogen) atoms. The smallest absolute Gasteiger partial charge is 0.280 e. The lowest BCUT2D eigenvalue weighted by molar-refractivity contribution is 0.146. The van der Waals surface area contributed by atoms with Crippen molar-refractivity contribution in [2.45, 2.75) is 53.7 Å². The summed E-state index contributed by atoms with van der Waals surface area (Å²) in [5.41, 5.74) is 10.5. The normalized spacial score (nSPS) is 11.1. The lowest BCUT2D eigenvalue weighted by atomic mass is 9.94. The van der Waals surface area contributed by atoms with Gasteiger partial charge in [0.05, 0.1) is 34.3 Å². The van der Waals surface area contributed by atoms with Crippen molar-refractivity contribution >= 4 is 5.95 Å². The molecule has 0 fully saturated rings. The van der Waals surface area contributed by atoms with Gasteiger partial charge >= 0.3 is 0 Å². The van der Waals surface area contributed by atoms with Crippen LogP contribution in [0.25, 0.3) is 22.4 Å². The van der Waals surface area contributed by atoms with E-state index in [9.17, 15) is 14.0 Å². The monoisotopic (exact) mass is 504 g/mol. The molecule has 0 saturated heterocycles. The van der Waals surface area contributed by atoms with Gasteiger partial charge in [0.15, 0.2) is 0 Å². The van der Waals surface area contributed by atoms with E-state index in [0.717, 1.165) is 11.4 Å². The summed E-state index contributed by atoms with van der Waals surface area (Å²) >= 11 is 0. The summed E-state index contributed by atoms with van der Waals surface area (Å²) in [7, 11) is 0. The van der Waals surface area contributed by atoms with Gasteiger partial charge in [-0.05, 0) is 56.5 Å². The van der Waals surface area contributed by atoms with Crippen molar-refractivity contribution in [1.82, 2.24) is 29.9 Å². The first-order chi connectivity index (χ1) is 17.8. The van der Waals surface area contributed by atoms with Crippen molar-refractivity contribution in [3.8, 4) is 34.3 Å². The van der Waals surface area contributed by atoms with Crippen LogP contribution in [0, 0.1) is 25.2 Å². The summed E-state index contributed by atoms with van der Waals surface area (Å²) in [6.07, 6.45) is -2.12. The molecule has 0 aliphatic rings. The average Bonchev–Trinajstić information content (AvgIpc) is 3.28. The zero-order chi connectivity index (χ0) is 26.7. The van der Waals surface area contributed by atoms with E-state index >= 15 is 0 Å². The molecule has 0 aliphatic heterocycles. The quantitative estimate of drug-likeness (QED) is 0.356. The zero-order valence-corrected chi connectivity index (χ0v) is 21.0. The second kappa shape index (κ2) is 10.7. The largest absolute Gasteiger partial charge is 0.471 e. The summed E-state index contributed by atoms with van der Waals surface area (Å²) in [6.45, 7) is 8.01. The van der Waals surface area contributed by atoms with Gasteiger partial charge in [-0.1, -0.05) is 24.3 Å². The lowest BCUT2D eigenvalue weighted by Gasteiger charge is -2.18. The van der Waals surface area contributed by atoms with Gasteiger partial charge in [0.25, 0.3) is 6.43 Å². The van der Waals surface area contributed by atoms with E-state index in [4.69, 9.17) is 10.5 Å². The van der Waals surface area contributed by atoms with Gasteiger partial charge < -0.3 is 10.5 Å². The number of nitrogens with two attached hydrogens (primary N) is 1. The van der Waals surface area contributed by atoms with Crippen molar-refractivity contribution < 1.29 is 13.5 Å². The van der Waals surface area contributed by atoms with E-state index in [1.807, 2.05) is 13.8 Å². The summed E-state index contributed by atoms with van der Waals surface area (Å²) < 4.78 is 35.3. The standard InChI is InChI=1S/C26H26F2N8O/c1-5-19-21(36(6-2)35-34-19)13-37-25-22(17-10-14(3)31-20(11-17)24(27)28)23(32-26(30)33-25)18-9-7-8-16(12-29)15(18)4/h7-11,24H,5-6,13H2,1-4H3,(H2,30,32,33). The number of aryl methyl sites for hydroxylation is 3. The summed E-state index contributed by atoms with van der Waals surface area (Å²) in [6, 6.07) is 10.3. The van der Waals surface area contributed by atoms with Crippen LogP contribution in [0.2, 0.25) is 0 Å². The predicted molar refractivity (Wildman–Crippen MR) is 134 cm³/mol. The van der Waals surface area contributed by atoms with Gasteiger partial charge in [-0.15, -0.1) is 5.10 Å². The van der Waals surface area contributed by atoms with E-state index in [0.29, 0.717) is 52.2 Å². The van der Waals surface area contributed by atoms with Crippen LogP contribution in [0.3, 0.4) is 0 Å². The van der Waals surface area contributed by atoms with E-state index in [1.165, 1.54) is 6.07 Å². The maximum absolute atomic E-state index is 13.7. The fourth-order valence-electron chi connectivity index (χ4n) is 4.17. The number of rotatable bonds is 8. The number of halogens is 2. The molecule has 0 amide bonds. The van der Waals surface area contributed by atoms with Gasteiger partial charge in [-0.25, -0.2) is 18.4 Å². The molecule has 4 aromatic rings. The highest BCUT2D eigenvalue weighted by atomic mass is 19.3. The van der Waals surface area contributed by atoms with Crippen molar-refractivity contribution in [2.75, 3.05) is 5.73 Å². The Labute approximate surface area is 213 Å². The third-order valence-corrected chi connectivity index (χ3v) is 5.99. The number of alkyl halides is 2. The van der Waals surface area contributed by atoms with Gasteiger partial charge in [-0.3, -0.25) is 4.98 Å². The van der Waals surface area contributed by atoms with Crippen LogP contribution in [0.5, 0.6) is 5.88 Å². The number of aromatic nitrogens is 6. The number of ether oxygens (including phenoxy) is 1. The number of hydrogen-bond donors (Lipinski definition) is 1. The summed E-state index contributed by atoms with van der Waals surface area (Å²) in [5, 5.41) is 17.9. The van der Waals surface area contributed by atoms with Crippen LogP contribution in [0.4, 0.5) is 14.7 Å². The number of anilines is 1. The van der Waals surface area contributed by atoms with Gasteiger partial charge in [0.2, 0.25) is 11.8 Å². The highest BCUT2D eigenvalue weighted by Crippen LogP contribution is 2.40. The lowest BCUT2D eigenvalue weighted by Crippen LogP contribution is -2.11. The number of hydrogen-bond acceptors (Lipinski definition) is 8. The highest BCUT2D eigenvalue weighted by molar-refractivity contribution is 5.86. The SMILES string of the molecule is CCc1nnn(CC)c1COc1nc(N)nc(-c2cccc(C#N)c2C)c1-c1cc(C)nc(C(F)F)c1. The van der Waals surface area contributed by atoms with Crippen LogP contribution in [-0.2, 0) is 19.6 Å². The maximum Gasteiger partial charge on any atom is 0.280 e. The number of nitrogen functional groups attached to an aromatic ring is 1. The molecule has 0 spiro atoms. The molecular weight excluding hydrogens is 478 g/mol. The first kappa shape index (κ1) is 25.6. The van der Waals surface area contributed by atoms with E-state index in [2.05, 4.69) is 31.3 Å². The number of nitriles is 1. The molecule has 3 heterocycles. The molecule has 9 nitrogen and oxygen atoms in total. The van der Waals surface area contributed by atoms with Gasteiger partial charge in [0, 0.05) is 17.8 Å². The first-order valence-electron chi connectivity index (χ1n) is 11.8. The summed E-state index contributed by atoms with van der Waals surface area (Å²) in [4.78, 5) is 12.8. The third-order valence-electron chi connectivity index (χ3n) is 5.99. The molecule has 11 heteroatoms. The minimum Gasteiger partial charge on any atom is -0.471 e. The van der Waals surface area contributed by atoms with Crippen LogP contribution in [-0.4, -0.2) is 29.9 Å². The van der Waals surface area contributed by atoms with Crippen molar-refractivity contribution in [1.29, 1.82) is 5.26 Å². The van der Waals surface area contributed by atoms with Crippen LogP contribution < -0.4 is 10.5 Å². The first-order valence-corrected chi connectivity index (χ1v) is 11.8. The molecule has 0 radical (unpaired) electrons. The minimum atomic E-state index is -2.78. The number of benzene rings is 1. The van der Waals surface area contributed by atoms with Crippen molar-refractivity contribution in [3.05, 3.63) is 64.2 Å². The number of pyridine rings is 1. The Hall–Kier alpha value is -4.46. The van der Waals surface area contributed by atoms with Crippen molar-refractivity contribution in [3.63, 3.8) is 0 Å². The van der Waals surface area contributed by atoms with Gasteiger partial charge in [-0.2, -0.15) is 10.2 Å². The number of nitrogens with zero attached hydrogens (tertiary/aromatic N) is 7. The second-order valence-corrected chi connectivity index (χ2v) is 8.36. The minimum absolute atomic E-state index is 0.0618. The molecule has 190 valence electrons. The fourth-order valence-corrected chi connectivity index (χ4v) is 4.17. The predicted octanol–water partition coefficient (Wildman–Crippen LogP) is 4.97. The van der Waals surface area contributed by atoms with Crippen LogP contribution in [0.1, 0.15) is 54.2 Å². The third kappa shape index (κ3) is 5.09. The van der Waals surface area contributed by atoms with Crippen molar-refractivity contribution in [2.24, 2.45) is 0 Å². The highest BCUT2D eigenvalue weighted by Gasteiger charge is 2.23. The molecule has 0 unspecified atom stereocenters. The molecule has 2 N–H and O–H groups in total. The Morgan fingerprint density at radius 2 is 1.92 bits per heavy atom. The molecule has 0 aliphatic carbocycles. The maximum atomic E-state index is 13.7. The Bertz CT molecular complexity index is 1470. The molecule has 0 atom stereocenters. The molecule has 0 bridgehead atoms. The topological polar surface area (TPSA) is 128 Å². The Morgan fingerprint density at radius 1 is 1.14 bits per heavy atom. The Kier molecular flexibility index (Phi) is 7.38. The van der Waals surface area contributed by atoms with Crippen LogP contribution in [0.15, 0.2) is 30.3 Å². The van der Waals surface area contributed by atoms with E-state index in [1.54, 1.807) is 42.8 Å². The summed E-state index contributed by atoms with van der Waals surface area (Å²) in [5.74, 6) is 0.0502. The second-order valence-electron chi connectivity index (χ2n) is 8.36. The fraction of sp³-hybridized carbons (Fsp3) is 0.308. The van der Waals surface area contributed by atoms with E-state index in [-0.39, 0.29) is 24.1 Å².